The van der Waals surface area contributed by atoms with Gasteiger partial charge in [0.05, 0.1) is 28.9 Å². The van der Waals surface area contributed by atoms with E-state index < -0.39 is 29.1 Å². The van der Waals surface area contributed by atoms with Crippen LogP contribution in [-0.4, -0.2) is 47.7 Å². The lowest BCUT2D eigenvalue weighted by Gasteiger charge is -2.28. The van der Waals surface area contributed by atoms with E-state index in [1.54, 1.807) is 55.4 Å². The Kier molecular flexibility index (Phi) is 5.97. The van der Waals surface area contributed by atoms with Gasteiger partial charge in [0.15, 0.2) is 0 Å². The number of benzene rings is 1. The molecular weight excluding hydrogens is 407 g/mol. The second-order valence-corrected chi connectivity index (χ2v) is 7.85. The van der Waals surface area contributed by atoms with E-state index in [0.717, 1.165) is 0 Å². The number of rotatable bonds is 7. The second-order valence-electron chi connectivity index (χ2n) is 6.82. The smallest absolute Gasteiger partial charge is 0.424 e. The topological polar surface area (TPSA) is 78.6 Å². The monoisotopic (exact) mass is 427 g/mol. The minimum Gasteiger partial charge on any atom is -0.468 e. The number of aromatic nitrogens is 1. The SMILES string of the molecule is CN(C)C(CNC(=O)CC(O)(c1nc2ccccc2s1)C(F)(F)F)c1ccco1. The summed E-state index contributed by atoms with van der Waals surface area (Å²) in [4.78, 5) is 18.0. The molecule has 2 aromatic heterocycles. The Morgan fingerprint density at radius 2 is 2.00 bits per heavy atom. The summed E-state index contributed by atoms with van der Waals surface area (Å²) < 4.78 is 47.0. The maximum Gasteiger partial charge on any atom is 0.424 e. The number of carbonyl (C=O) groups is 1. The molecule has 0 aliphatic rings. The Morgan fingerprint density at radius 1 is 1.28 bits per heavy atom. The lowest BCUT2D eigenvalue weighted by atomic mass is 9.99. The number of halogens is 3. The quantitative estimate of drug-likeness (QED) is 0.604. The zero-order chi connectivity index (χ0) is 21.2. The molecule has 0 fully saturated rings. The van der Waals surface area contributed by atoms with Gasteiger partial charge in [-0.15, -0.1) is 11.3 Å². The maximum atomic E-state index is 13.7. The normalized spacial score (nSPS) is 15.4. The van der Waals surface area contributed by atoms with Crippen molar-refractivity contribution in [3.8, 4) is 0 Å². The fourth-order valence-electron chi connectivity index (χ4n) is 2.87. The summed E-state index contributed by atoms with van der Waals surface area (Å²) >= 11 is 0.716. The van der Waals surface area contributed by atoms with Gasteiger partial charge in [0.1, 0.15) is 10.8 Å². The number of hydrogen-bond donors (Lipinski definition) is 2. The van der Waals surface area contributed by atoms with E-state index >= 15 is 0 Å². The molecule has 2 N–H and O–H groups in total. The number of amides is 1. The third-order valence-electron chi connectivity index (χ3n) is 4.52. The van der Waals surface area contributed by atoms with Gasteiger partial charge in [0.25, 0.3) is 0 Å². The largest absolute Gasteiger partial charge is 0.468 e. The molecule has 10 heteroatoms. The van der Waals surface area contributed by atoms with Crippen LogP contribution in [0.3, 0.4) is 0 Å². The minimum absolute atomic E-state index is 0.0210. The first-order chi connectivity index (χ1) is 13.6. The molecule has 0 spiro atoms. The van der Waals surface area contributed by atoms with Crippen molar-refractivity contribution >= 4 is 27.5 Å². The van der Waals surface area contributed by atoms with E-state index in [1.165, 1.54) is 6.26 Å². The van der Waals surface area contributed by atoms with Crippen LogP contribution in [0.2, 0.25) is 0 Å². The Labute approximate surface area is 169 Å². The third-order valence-corrected chi connectivity index (χ3v) is 5.71. The molecule has 0 aliphatic carbocycles. The summed E-state index contributed by atoms with van der Waals surface area (Å²) in [6, 6.07) is 9.50. The number of alkyl halides is 3. The Balaban J connectivity index is 1.79. The highest BCUT2D eigenvalue weighted by molar-refractivity contribution is 7.18. The van der Waals surface area contributed by atoms with Crippen LogP contribution in [0.15, 0.2) is 47.1 Å². The number of thiazole rings is 1. The lowest BCUT2D eigenvalue weighted by molar-refractivity contribution is -0.267. The molecule has 156 valence electrons. The molecule has 3 rings (SSSR count). The summed E-state index contributed by atoms with van der Waals surface area (Å²) in [5.41, 5.74) is -3.04. The molecule has 2 atom stereocenters. The van der Waals surface area contributed by atoms with E-state index in [4.69, 9.17) is 4.42 Å². The number of furan rings is 1. The first kappa shape index (κ1) is 21.3. The maximum absolute atomic E-state index is 13.7. The summed E-state index contributed by atoms with van der Waals surface area (Å²) in [5, 5.41) is 12.4. The number of likely N-dealkylation sites (N-methyl/N-ethyl adjacent to an activating group) is 1. The Hall–Kier alpha value is -2.43. The van der Waals surface area contributed by atoms with Crippen molar-refractivity contribution in [2.75, 3.05) is 20.6 Å². The van der Waals surface area contributed by atoms with Gasteiger partial charge in [-0.3, -0.25) is 9.69 Å². The van der Waals surface area contributed by atoms with E-state index in [-0.39, 0.29) is 12.6 Å². The van der Waals surface area contributed by atoms with Crippen LogP contribution in [0.4, 0.5) is 13.2 Å². The van der Waals surface area contributed by atoms with E-state index in [2.05, 4.69) is 10.3 Å². The van der Waals surface area contributed by atoms with Crippen LogP contribution in [0, 0.1) is 0 Å². The molecule has 0 radical (unpaired) electrons. The van der Waals surface area contributed by atoms with Crippen molar-refractivity contribution < 1.29 is 27.5 Å². The predicted octanol–water partition coefficient (Wildman–Crippen LogP) is 3.45. The van der Waals surface area contributed by atoms with Gasteiger partial charge in [0.2, 0.25) is 11.5 Å². The zero-order valence-corrected chi connectivity index (χ0v) is 16.5. The lowest BCUT2D eigenvalue weighted by Crippen LogP contribution is -2.47. The molecular formula is C19H20F3N3O3S. The molecule has 2 unspecified atom stereocenters. The van der Waals surface area contributed by atoms with Gasteiger partial charge in [-0.2, -0.15) is 13.2 Å². The van der Waals surface area contributed by atoms with E-state index in [0.29, 0.717) is 27.3 Å². The van der Waals surface area contributed by atoms with Crippen molar-refractivity contribution in [2.24, 2.45) is 0 Å². The van der Waals surface area contributed by atoms with Gasteiger partial charge < -0.3 is 14.8 Å². The number of aliphatic hydroxyl groups is 1. The molecule has 0 aliphatic heterocycles. The molecule has 0 saturated carbocycles. The minimum atomic E-state index is -5.07. The van der Waals surface area contributed by atoms with Crippen molar-refractivity contribution in [1.82, 2.24) is 15.2 Å². The van der Waals surface area contributed by atoms with Crippen molar-refractivity contribution in [1.29, 1.82) is 0 Å². The van der Waals surface area contributed by atoms with Crippen LogP contribution in [0.1, 0.15) is 23.2 Å². The number of nitrogens with one attached hydrogen (secondary N) is 1. The van der Waals surface area contributed by atoms with Crippen molar-refractivity contribution in [3.63, 3.8) is 0 Å². The molecule has 2 heterocycles. The second kappa shape index (κ2) is 8.13. The van der Waals surface area contributed by atoms with Gasteiger partial charge in [-0.05, 0) is 38.4 Å². The average molecular weight is 427 g/mol. The number of para-hydroxylation sites is 1. The molecule has 1 amide bonds. The first-order valence-electron chi connectivity index (χ1n) is 8.73. The van der Waals surface area contributed by atoms with Gasteiger partial charge in [-0.1, -0.05) is 12.1 Å². The van der Waals surface area contributed by atoms with Gasteiger partial charge >= 0.3 is 6.18 Å². The number of hydrogen-bond acceptors (Lipinski definition) is 6. The fourth-order valence-corrected chi connectivity index (χ4v) is 3.94. The number of fused-ring (bicyclic) bond motifs is 1. The van der Waals surface area contributed by atoms with E-state index in [1.807, 2.05) is 0 Å². The highest BCUT2D eigenvalue weighted by Crippen LogP contribution is 2.44. The first-order valence-corrected chi connectivity index (χ1v) is 9.55. The van der Waals surface area contributed by atoms with Crippen molar-refractivity contribution in [3.05, 3.63) is 53.4 Å². The Morgan fingerprint density at radius 3 is 2.59 bits per heavy atom. The van der Waals surface area contributed by atoms with Crippen LogP contribution in [0.25, 0.3) is 10.2 Å². The predicted molar refractivity (Wildman–Crippen MR) is 102 cm³/mol. The zero-order valence-electron chi connectivity index (χ0n) is 15.7. The molecule has 0 saturated heterocycles. The molecule has 29 heavy (non-hydrogen) atoms. The number of nitrogens with zero attached hydrogens (tertiary/aromatic N) is 2. The third kappa shape index (κ3) is 4.44. The van der Waals surface area contributed by atoms with Crippen LogP contribution in [-0.2, 0) is 10.4 Å². The van der Waals surface area contributed by atoms with Crippen molar-refractivity contribution in [2.45, 2.75) is 24.2 Å². The summed E-state index contributed by atoms with van der Waals surface area (Å²) in [7, 11) is 3.51. The fraction of sp³-hybridized carbons (Fsp3) is 0.368. The van der Waals surface area contributed by atoms with Gasteiger partial charge in [0, 0.05) is 6.54 Å². The molecule has 1 aromatic carbocycles. The van der Waals surface area contributed by atoms with Crippen LogP contribution >= 0.6 is 11.3 Å². The molecule has 6 nitrogen and oxygen atoms in total. The van der Waals surface area contributed by atoms with E-state index in [9.17, 15) is 23.1 Å². The van der Waals surface area contributed by atoms with Crippen LogP contribution in [0.5, 0.6) is 0 Å². The summed E-state index contributed by atoms with van der Waals surface area (Å²) in [5.74, 6) is -0.380. The summed E-state index contributed by atoms with van der Waals surface area (Å²) in [6.45, 7) is 0.0210. The average Bonchev–Trinajstić information content (AvgIpc) is 3.30. The number of carbonyl (C=O) groups excluding carboxylic acids is 1. The Bertz CT molecular complexity index is 939. The molecule has 3 aromatic rings. The highest BCUT2D eigenvalue weighted by Gasteiger charge is 2.58. The molecule has 0 bridgehead atoms. The standard InChI is InChI=1S/C19H20F3N3O3S/c1-25(2)13(14-7-5-9-28-14)11-23-16(26)10-18(27,19(20,21)22)17-24-12-6-3-4-8-15(12)29-17/h3-9,13,27H,10-11H2,1-2H3,(H,23,26). The summed E-state index contributed by atoms with van der Waals surface area (Å²) in [6.07, 6.45) is -4.78. The van der Waals surface area contributed by atoms with Gasteiger partial charge in [-0.25, -0.2) is 4.98 Å². The van der Waals surface area contributed by atoms with Crippen LogP contribution < -0.4 is 5.32 Å². The highest BCUT2D eigenvalue weighted by atomic mass is 32.1.